The number of likely N-dealkylation sites (tertiary alicyclic amines) is 1. The van der Waals surface area contributed by atoms with E-state index in [0.29, 0.717) is 41.5 Å². The van der Waals surface area contributed by atoms with E-state index in [2.05, 4.69) is 0 Å². The number of benzene rings is 2. The first-order valence-electron chi connectivity index (χ1n) is 12.7. The van der Waals surface area contributed by atoms with Crippen molar-refractivity contribution < 1.29 is 29.3 Å². The third-order valence-corrected chi connectivity index (χ3v) is 6.66. The van der Waals surface area contributed by atoms with E-state index in [1.54, 1.807) is 31.2 Å². The summed E-state index contributed by atoms with van der Waals surface area (Å²) in [6.45, 7) is 12.9. The van der Waals surface area contributed by atoms with Gasteiger partial charge in [-0.2, -0.15) is 0 Å². The zero-order valence-electron chi connectivity index (χ0n) is 22.1. The minimum Gasteiger partial charge on any atom is -0.872 e. The Balaban J connectivity index is 2.11. The van der Waals surface area contributed by atoms with Crippen molar-refractivity contribution in [2.75, 3.05) is 32.8 Å². The number of ether oxygens (including phenoxy) is 1. The number of aryl methyl sites for hydroxylation is 1. The largest absolute Gasteiger partial charge is 0.872 e. The number of nitrogens with one attached hydrogen (secondary N) is 1. The van der Waals surface area contributed by atoms with Gasteiger partial charge >= 0.3 is 0 Å². The lowest BCUT2D eigenvalue weighted by Gasteiger charge is -2.29. The van der Waals surface area contributed by atoms with Crippen LogP contribution in [0, 0.1) is 23.0 Å². The van der Waals surface area contributed by atoms with E-state index in [9.17, 15) is 24.8 Å². The molecular formula is C28H35N3O6. The number of carbonyl (C=O) groups is 2. The number of non-ortho nitro benzene ring substituents is 1. The summed E-state index contributed by atoms with van der Waals surface area (Å²) in [7, 11) is 0. The van der Waals surface area contributed by atoms with E-state index in [0.717, 1.165) is 13.1 Å². The zero-order valence-corrected chi connectivity index (χ0v) is 22.1. The summed E-state index contributed by atoms with van der Waals surface area (Å²) < 4.78 is 5.75. The number of Topliss-reactive ketones (excluding diaryl/α,β-unsaturated/α-hetero) is 1. The van der Waals surface area contributed by atoms with Crippen LogP contribution in [0.3, 0.4) is 0 Å². The van der Waals surface area contributed by atoms with Crippen molar-refractivity contribution in [2.45, 2.75) is 40.7 Å². The van der Waals surface area contributed by atoms with Crippen molar-refractivity contribution in [3.8, 4) is 5.75 Å². The molecule has 2 aromatic rings. The molecule has 0 saturated carbocycles. The van der Waals surface area contributed by atoms with E-state index in [1.165, 1.54) is 28.0 Å². The van der Waals surface area contributed by atoms with Gasteiger partial charge in [-0.15, -0.1) is 0 Å². The van der Waals surface area contributed by atoms with Gasteiger partial charge in [0.25, 0.3) is 11.6 Å². The summed E-state index contributed by atoms with van der Waals surface area (Å²) in [5.74, 6) is -1.24. The average Bonchev–Trinajstić information content (AvgIpc) is 3.12. The fourth-order valence-corrected chi connectivity index (χ4v) is 4.53. The Kier molecular flexibility index (Phi) is 9.04. The minimum absolute atomic E-state index is 0.173. The van der Waals surface area contributed by atoms with Gasteiger partial charge in [-0.1, -0.05) is 37.8 Å². The zero-order chi connectivity index (χ0) is 27.3. The lowest BCUT2D eigenvalue weighted by Crippen LogP contribution is -3.12. The summed E-state index contributed by atoms with van der Waals surface area (Å²) >= 11 is 0. The van der Waals surface area contributed by atoms with E-state index >= 15 is 0 Å². The van der Waals surface area contributed by atoms with E-state index in [-0.39, 0.29) is 17.8 Å². The van der Waals surface area contributed by atoms with Crippen LogP contribution in [0.25, 0.3) is 5.76 Å². The summed E-state index contributed by atoms with van der Waals surface area (Å²) in [5.41, 5.74) is 0.913. The van der Waals surface area contributed by atoms with Gasteiger partial charge in [0.05, 0.1) is 43.8 Å². The van der Waals surface area contributed by atoms with Crippen LogP contribution in [0.5, 0.6) is 5.75 Å². The molecule has 1 atom stereocenters. The molecule has 0 radical (unpaired) electrons. The Morgan fingerprint density at radius 3 is 2.43 bits per heavy atom. The Labute approximate surface area is 217 Å². The van der Waals surface area contributed by atoms with Crippen LogP contribution >= 0.6 is 0 Å². The number of hydrogen-bond donors (Lipinski definition) is 1. The monoisotopic (exact) mass is 509 g/mol. The number of rotatable bonds is 11. The first-order valence-corrected chi connectivity index (χ1v) is 12.7. The van der Waals surface area contributed by atoms with Gasteiger partial charge < -0.3 is 19.6 Å². The highest BCUT2D eigenvalue weighted by Crippen LogP contribution is 2.40. The van der Waals surface area contributed by atoms with Crippen LogP contribution < -0.4 is 14.7 Å². The second kappa shape index (κ2) is 12.0. The molecule has 0 bridgehead atoms. The minimum atomic E-state index is -1.00. The molecular weight excluding hydrogens is 474 g/mol. The standard InChI is InChI=1S/C28H35N3O6/c1-6-29(7-2)13-14-30-25(20-9-8-10-21(16-20)31(35)36)24(27(33)28(30)34)26(32)23-12-11-22(15-19(23)5)37-17-18(3)4/h8-12,15-16,18,25,32H,6-7,13-14,17H2,1-5H3/b26-24+. The summed E-state index contributed by atoms with van der Waals surface area (Å²) in [6, 6.07) is 9.80. The van der Waals surface area contributed by atoms with Crippen LogP contribution in [-0.2, 0) is 9.59 Å². The second-order valence-electron chi connectivity index (χ2n) is 9.71. The highest BCUT2D eigenvalue weighted by molar-refractivity contribution is 6.46. The smallest absolute Gasteiger partial charge is 0.295 e. The third kappa shape index (κ3) is 6.17. The van der Waals surface area contributed by atoms with Crippen molar-refractivity contribution >= 4 is 23.1 Å². The van der Waals surface area contributed by atoms with Crippen LogP contribution in [-0.4, -0.2) is 54.3 Å². The third-order valence-electron chi connectivity index (χ3n) is 6.66. The average molecular weight is 510 g/mol. The maximum Gasteiger partial charge on any atom is 0.295 e. The SMILES string of the molecule is CC[NH+](CC)CCN1C(=O)C(=O)/C(=C(/[O-])c2ccc(OCC(C)C)cc2C)C1c1cccc([N+](=O)[O-])c1. The molecule has 1 fully saturated rings. The number of likely N-dealkylation sites (N-methyl/N-ethyl adjacent to an activating group) is 1. The summed E-state index contributed by atoms with van der Waals surface area (Å²) in [6.07, 6.45) is 0. The van der Waals surface area contributed by atoms with Crippen LogP contribution in [0.1, 0.15) is 50.4 Å². The van der Waals surface area contributed by atoms with Gasteiger partial charge in [-0.25, -0.2) is 0 Å². The number of nitro benzene ring substituents is 1. The Bertz CT molecular complexity index is 1200. The van der Waals surface area contributed by atoms with Gasteiger partial charge in [0, 0.05) is 17.7 Å². The van der Waals surface area contributed by atoms with Crippen molar-refractivity contribution in [1.29, 1.82) is 0 Å². The molecule has 1 amide bonds. The molecule has 1 aliphatic heterocycles. The Hall–Kier alpha value is -3.72. The molecule has 1 N–H and O–H groups in total. The number of nitrogens with zero attached hydrogens (tertiary/aromatic N) is 2. The van der Waals surface area contributed by atoms with Crippen LogP contribution in [0.15, 0.2) is 48.0 Å². The number of carbonyl (C=O) groups excluding carboxylic acids is 2. The second-order valence-corrected chi connectivity index (χ2v) is 9.71. The molecule has 198 valence electrons. The number of nitro groups is 1. The van der Waals surface area contributed by atoms with E-state index in [1.807, 2.05) is 27.7 Å². The van der Waals surface area contributed by atoms with Crippen molar-refractivity contribution in [1.82, 2.24) is 4.90 Å². The first-order chi connectivity index (χ1) is 17.6. The number of ketones is 1. The molecule has 1 unspecified atom stereocenters. The summed E-state index contributed by atoms with van der Waals surface area (Å²) in [5, 5.41) is 25.2. The number of quaternary nitrogens is 1. The fraction of sp³-hybridized carbons (Fsp3) is 0.429. The van der Waals surface area contributed by atoms with Crippen molar-refractivity contribution in [3.63, 3.8) is 0 Å². The molecule has 9 heteroatoms. The van der Waals surface area contributed by atoms with E-state index in [4.69, 9.17) is 4.74 Å². The predicted molar refractivity (Wildman–Crippen MR) is 138 cm³/mol. The highest BCUT2D eigenvalue weighted by atomic mass is 16.6. The number of amides is 1. The maximum atomic E-state index is 13.8. The molecule has 1 saturated heterocycles. The molecule has 37 heavy (non-hydrogen) atoms. The van der Waals surface area contributed by atoms with Gasteiger partial charge in [0.15, 0.2) is 0 Å². The predicted octanol–water partition coefficient (Wildman–Crippen LogP) is 2.09. The van der Waals surface area contributed by atoms with Crippen LogP contribution in [0.4, 0.5) is 5.69 Å². The highest BCUT2D eigenvalue weighted by Gasteiger charge is 2.44. The molecule has 2 aromatic carbocycles. The maximum absolute atomic E-state index is 13.8. The topological polar surface area (TPSA) is 117 Å². The normalized spacial score (nSPS) is 17.2. The Morgan fingerprint density at radius 1 is 1.14 bits per heavy atom. The van der Waals surface area contributed by atoms with Gasteiger partial charge in [-0.3, -0.25) is 19.7 Å². The molecule has 0 spiro atoms. The fourth-order valence-electron chi connectivity index (χ4n) is 4.53. The van der Waals surface area contributed by atoms with Gasteiger partial charge in [0.2, 0.25) is 5.78 Å². The van der Waals surface area contributed by atoms with Gasteiger partial charge in [-0.05, 0) is 55.5 Å². The molecule has 9 nitrogen and oxygen atoms in total. The molecule has 3 rings (SSSR count). The molecule has 1 aliphatic rings. The van der Waals surface area contributed by atoms with Crippen molar-refractivity contribution in [2.24, 2.45) is 5.92 Å². The van der Waals surface area contributed by atoms with Gasteiger partial charge in [0.1, 0.15) is 5.75 Å². The molecule has 0 aliphatic carbocycles. The molecule has 0 aromatic heterocycles. The van der Waals surface area contributed by atoms with E-state index < -0.39 is 28.4 Å². The van der Waals surface area contributed by atoms with Crippen molar-refractivity contribution in [3.05, 3.63) is 74.8 Å². The molecule has 1 heterocycles. The Morgan fingerprint density at radius 2 is 1.84 bits per heavy atom. The lowest BCUT2D eigenvalue weighted by molar-refractivity contribution is -0.895. The first kappa shape index (κ1) is 27.9. The quantitative estimate of drug-likeness (QED) is 0.163. The summed E-state index contributed by atoms with van der Waals surface area (Å²) in [4.78, 5) is 40.0. The lowest BCUT2D eigenvalue weighted by atomic mass is 9.93. The van der Waals surface area contributed by atoms with Crippen LogP contribution in [0.2, 0.25) is 0 Å². The number of hydrogen-bond acceptors (Lipinski definition) is 6.